The van der Waals surface area contributed by atoms with Crippen LogP contribution in [0.2, 0.25) is 0 Å². The molecule has 4 rings (SSSR count). The Labute approximate surface area is 165 Å². The van der Waals surface area contributed by atoms with Crippen LogP contribution in [0.15, 0.2) is 42.9 Å². The second-order valence-electron chi connectivity index (χ2n) is 7.60. The molecule has 1 N–H and O–H groups in total. The standard InChI is InChI=1S/C21H26N4O3/c1-27-18-4-2-3-16(11-18)14-25-9-6-21(15-25)12-17(5-10-28-21)24-20(26)19-13-22-7-8-23-19/h2-4,7-8,11,13,17H,5-6,9-10,12,14-15H2,1H3,(H,24,26)/t17-,21-/m1/s1. The molecule has 28 heavy (non-hydrogen) atoms. The maximum Gasteiger partial charge on any atom is 0.271 e. The van der Waals surface area contributed by atoms with E-state index in [1.807, 2.05) is 12.1 Å². The monoisotopic (exact) mass is 382 g/mol. The van der Waals surface area contributed by atoms with Crippen LogP contribution < -0.4 is 10.1 Å². The lowest BCUT2D eigenvalue weighted by atomic mass is 9.89. The molecule has 0 aliphatic carbocycles. The Kier molecular flexibility index (Phi) is 5.54. The van der Waals surface area contributed by atoms with Gasteiger partial charge in [0.2, 0.25) is 0 Å². The molecule has 3 heterocycles. The van der Waals surface area contributed by atoms with Crippen LogP contribution in [0.1, 0.15) is 35.3 Å². The molecule has 2 aromatic rings. The zero-order valence-electron chi connectivity index (χ0n) is 16.1. The summed E-state index contributed by atoms with van der Waals surface area (Å²) in [7, 11) is 1.69. The molecule has 0 saturated carbocycles. The van der Waals surface area contributed by atoms with Gasteiger partial charge in [0.15, 0.2) is 0 Å². The number of nitrogens with zero attached hydrogens (tertiary/aromatic N) is 3. The topological polar surface area (TPSA) is 76.6 Å². The first kappa shape index (κ1) is 18.8. The number of likely N-dealkylation sites (tertiary alicyclic amines) is 1. The molecule has 0 radical (unpaired) electrons. The third-order valence-electron chi connectivity index (χ3n) is 5.56. The van der Waals surface area contributed by atoms with Gasteiger partial charge in [0.25, 0.3) is 5.91 Å². The molecule has 2 saturated heterocycles. The molecule has 0 bridgehead atoms. The predicted octanol–water partition coefficient (Wildman–Crippen LogP) is 2.04. The fourth-order valence-corrected chi connectivity index (χ4v) is 4.20. The Balaban J connectivity index is 1.35. The van der Waals surface area contributed by atoms with Crippen molar-refractivity contribution in [2.24, 2.45) is 0 Å². The van der Waals surface area contributed by atoms with Crippen molar-refractivity contribution >= 4 is 5.91 Å². The highest BCUT2D eigenvalue weighted by atomic mass is 16.5. The van der Waals surface area contributed by atoms with Crippen LogP contribution in [-0.2, 0) is 11.3 Å². The number of hydrogen-bond donors (Lipinski definition) is 1. The lowest BCUT2D eigenvalue weighted by Gasteiger charge is -2.38. The smallest absolute Gasteiger partial charge is 0.271 e. The normalized spacial score (nSPS) is 25.0. The number of benzene rings is 1. The summed E-state index contributed by atoms with van der Waals surface area (Å²) >= 11 is 0. The lowest BCUT2D eigenvalue weighted by Crippen LogP contribution is -2.50. The summed E-state index contributed by atoms with van der Waals surface area (Å²) in [5, 5.41) is 3.11. The molecule has 2 aliphatic rings. The van der Waals surface area contributed by atoms with Gasteiger partial charge in [0.1, 0.15) is 11.4 Å². The summed E-state index contributed by atoms with van der Waals surface area (Å²) in [4.78, 5) is 22.9. The minimum atomic E-state index is -0.183. The fourth-order valence-electron chi connectivity index (χ4n) is 4.20. The van der Waals surface area contributed by atoms with Gasteiger partial charge >= 0.3 is 0 Å². The molecule has 2 fully saturated rings. The van der Waals surface area contributed by atoms with Crippen molar-refractivity contribution in [2.75, 3.05) is 26.8 Å². The van der Waals surface area contributed by atoms with Gasteiger partial charge in [-0.25, -0.2) is 4.98 Å². The van der Waals surface area contributed by atoms with Gasteiger partial charge in [-0.1, -0.05) is 12.1 Å². The highest BCUT2D eigenvalue weighted by Gasteiger charge is 2.43. The summed E-state index contributed by atoms with van der Waals surface area (Å²) in [6.45, 7) is 3.40. The van der Waals surface area contributed by atoms with E-state index < -0.39 is 0 Å². The second kappa shape index (κ2) is 8.24. The number of hydrogen-bond acceptors (Lipinski definition) is 6. The van der Waals surface area contributed by atoms with E-state index in [2.05, 4.69) is 32.3 Å². The highest BCUT2D eigenvalue weighted by molar-refractivity contribution is 5.92. The van der Waals surface area contributed by atoms with Crippen molar-refractivity contribution in [1.82, 2.24) is 20.2 Å². The van der Waals surface area contributed by atoms with Crippen LogP contribution >= 0.6 is 0 Å². The number of nitrogens with one attached hydrogen (secondary N) is 1. The molecule has 1 aromatic carbocycles. The Morgan fingerprint density at radius 1 is 1.43 bits per heavy atom. The van der Waals surface area contributed by atoms with E-state index in [-0.39, 0.29) is 17.6 Å². The summed E-state index contributed by atoms with van der Waals surface area (Å²) < 4.78 is 11.5. The van der Waals surface area contributed by atoms with E-state index in [9.17, 15) is 4.79 Å². The quantitative estimate of drug-likeness (QED) is 0.853. The number of aromatic nitrogens is 2. The minimum Gasteiger partial charge on any atom is -0.497 e. The Morgan fingerprint density at radius 3 is 3.18 bits per heavy atom. The molecule has 2 aliphatic heterocycles. The van der Waals surface area contributed by atoms with Crippen LogP contribution in [0, 0.1) is 0 Å². The van der Waals surface area contributed by atoms with E-state index in [4.69, 9.17) is 9.47 Å². The zero-order valence-corrected chi connectivity index (χ0v) is 16.1. The lowest BCUT2D eigenvalue weighted by molar-refractivity contribution is -0.0793. The Morgan fingerprint density at radius 2 is 2.36 bits per heavy atom. The summed E-state index contributed by atoms with van der Waals surface area (Å²) in [5.41, 5.74) is 1.41. The molecule has 148 valence electrons. The molecular weight excluding hydrogens is 356 g/mol. The van der Waals surface area contributed by atoms with E-state index in [0.29, 0.717) is 12.3 Å². The van der Waals surface area contributed by atoms with Crippen molar-refractivity contribution in [1.29, 1.82) is 0 Å². The second-order valence-corrected chi connectivity index (χ2v) is 7.60. The van der Waals surface area contributed by atoms with Crippen molar-refractivity contribution in [2.45, 2.75) is 37.5 Å². The number of methoxy groups -OCH3 is 1. The predicted molar refractivity (Wildman–Crippen MR) is 104 cm³/mol. The van der Waals surface area contributed by atoms with Crippen LogP contribution in [0.4, 0.5) is 0 Å². The fraction of sp³-hybridized carbons (Fsp3) is 0.476. The van der Waals surface area contributed by atoms with Gasteiger partial charge in [-0.05, 0) is 37.0 Å². The number of carbonyl (C=O) groups is 1. The van der Waals surface area contributed by atoms with E-state index in [0.717, 1.165) is 44.6 Å². The average molecular weight is 382 g/mol. The van der Waals surface area contributed by atoms with Crippen molar-refractivity contribution in [3.63, 3.8) is 0 Å². The molecule has 7 heteroatoms. The SMILES string of the molecule is COc1cccc(CN2CC[C@@]3(C[C@H](NC(=O)c4cnccn4)CCO3)C2)c1. The highest BCUT2D eigenvalue weighted by Crippen LogP contribution is 2.35. The van der Waals surface area contributed by atoms with E-state index in [1.54, 1.807) is 13.3 Å². The largest absolute Gasteiger partial charge is 0.497 e. The molecule has 1 amide bonds. The van der Waals surface area contributed by atoms with E-state index in [1.165, 1.54) is 18.0 Å². The van der Waals surface area contributed by atoms with Crippen LogP contribution in [0.5, 0.6) is 5.75 Å². The maximum absolute atomic E-state index is 12.4. The minimum absolute atomic E-state index is 0.0972. The van der Waals surface area contributed by atoms with Gasteiger partial charge in [0.05, 0.1) is 18.9 Å². The summed E-state index contributed by atoms with van der Waals surface area (Å²) in [6.07, 6.45) is 7.23. The molecular formula is C21H26N4O3. The summed E-state index contributed by atoms with van der Waals surface area (Å²) in [6, 6.07) is 8.29. The first-order valence-electron chi connectivity index (χ1n) is 9.72. The maximum atomic E-state index is 12.4. The molecule has 0 unspecified atom stereocenters. The van der Waals surface area contributed by atoms with Gasteiger partial charge in [0, 0.05) is 44.7 Å². The van der Waals surface area contributed by atoms with Crippen LogP contribution in [0.25, 0.3) is 0 Å². The van der Waals surface area contributed by atoms with Crippen molar-refractivity contribution < 1.29 is 14.3 Å². The third kappa shape index (κ3) is 4.31. The Hall–Kier alpha value is -2.51. The number of rotatable bonds is 5. The van der Waals surface area contributed by atoms with Crippen molar-refractivity contribution in [3.05, 3.63) is 54.1 Å². The summed E-state index contributed by atoms with van der Waals surface area (Å²) in [5.74, 6) is 0.716. The zero-order chi connectivity index (χ0) is 19.4. The van der Waals surface area contributed by atoms with Crippen LogP contribution in [-0.4, -0.2) is 59.2 Å². The molecule has 7 nitrogen and oxygen atoms in total. The van der Waals surface area contributed by atoms with Crippen LogP contribution in [0.3, 0.4) is 0 Å². The van der Waals surface area contributed by atoms with Gasteiger partial charge in [-0.3, -0.25) is 14.7 Å². The average Bonchev–Trinajstić information content (AvgIpc) is 3.10. The molecule has 2 atom stereocenters. The number of ether oxygens (including phenoxy) is 2. The third-order valence-corrected chi connectivity index (χ3v) is 5.56. The van der Waals surface area contributed by atoms with Crippen molar-refractivity contribution in [3.8, 4) is 5.75 Å². The Bertz CT molecular complexity index is 816. The number of carbonyl (C=O) groups excluding carboxylic acids is 1. The van der Waals surface area contributed by atoms with Gasteiger partial charge < -0.3 is 14.8 Å². The molecule has 1 spiro atoms. The first-order valence-corrected chi connectivity index (χ1v) is 9.72. The first-order chi connectivity index (χ1) is 13.7. The van der Waals surface area contributed by atoms with Gasteiger partial charge in [-0.2, -0.15) is 0 Å². The number of amides is 1. The molecule has 1 aromatic heterocycles. The van der Waals surface area contributed by atoms with Gasteiger partial charge in [-0.15, -0.1) is 0 Å². The van der Waals surface area contributed by atoms with E-state index >= 15 is 0 Å².